The first-order valence-electron chi connectivity index (χ1n) is 6.69. The zero-order valence-electron chi connectivity index (χ0n) is 11.3. The number of aliphatic hydroxyl groups is 1. The zero-order chi connectivity index (χ0) is 13.7. The predicted molar refractivity (Wildman–Crippen MR) is 71.5 cm³/mol. The molecular formula is C14H19N3O2. The number of nitrogens with zero attached hydrogens (tertiary/aromatic N) is 3. The van der Waals surface area contributed by atoms with Gasteiger partial charge in [-0.15, -0.1) is 0 Å². The molecule has 0 saturated heterocycles. The van der Waals surface area contributed by atoms with Crippen LogP contribution in [-0.2, 0) is 12.8 Å². The third kappa shape index (κ3) is 3.38. The highest BCUT2D eigenvalue weighted by atomic mass is 16.5. The van der Waals surface area contributed by atoms with Gasteiger partial charge in [0.05, 0.1) is 12.5 Å². The molecule has 0 radical (unpaired) electrons. The van der Waals surface area contributed by atoms with Gasteiger partial charge >= 0.3 is 0 Å². The first-order valence-corrected chi connectivity index (χ1v) is 6.69. The minimum Gasteiger partial charge on any atom is -0.393 e. The summed E-state index contributed by atoms with van der Waals surface area (Å²) < 4.78 is 5.17. The maximum absolute atomic E-state index is 9.74. The second kappa shape index (κ2) is 6.43. The SMILES string of the molecule is CCCC(O)Cc1nc(-c2ncccc2CC)no1. The molecule has 2 aromatic rings. The number of aryl methyl sites for hydroxylation is 1. The first kappa shape index (κ1) is 13.7. The van der Waals surface area contributed by atoms with Crippen LogP contribution >= 0.6 is 0 Å². The number of rotatable bonds is 6. The molecule has 5 heteroatoms. The van der Waals surface area contributed by atoms with Crippen molar-refractivity contribution >= 4 is 0 Å². The van der Waals surface area contributed by atoms with E-state index in [9.17, 15) is 5.11 Å². The van der Waals surface area contributed by atoms with E-state index in [-0.39, 0.29) is 0 Å². The van der Waals surface area contributed by atoms with E-state index in [0.29, 0.717) is 18.1 Å². The summed E-state index contributed by atoms with van der Waals surface area (Å²) in [4.78, 5) is 8.61. The van der Waals surface area contributed by atoms with Gasteiger partial charge in [-0.2, -0.15) is 4.98 Å². The lowest BCUT2D eigenvalue weighted by molar-refractivity contribution is 0.152. The molecular weight excluding hydrogens is 242 g/mol. The molecule has 0 spiro atoms. The van der Waals surface area contributed by atoms with Gasteiger partial charge in [-0.05, 0) is 24.5 Å². The molecule has 5 nitrogen and oxygen atoms in total. The molecule has 1 N–H and O–H groups in total. The Morgan fingerprint density at radius 3 is 2.95 bits per heavy atom. The fraction of sp³-hybridized carbons (Fsp3) is 0.500. The van der Waals surface area contributed by atoms with Crippen molar-refractivity contribution in [3.63, 3.8) is 0 Å². The van der Waals surface area contributed by atoms with Gasteiger partial charge < -0.3 is 9.63 Å². The minimum atomic E-state index is -0.423. The Morgan fingerprint density at radius 1 is 1.37 bits per heavy atom. The first-order chi connectivity index (χ1) is 9.24. The lowest BCUT2D eigenvalue weighted by Gasteiger charge is -2.04. The fourth-order valence-electron chi connectivity index (χ4n) is 2.00. The maximum atomic E-state index is 9.74. The van der Waals surface area contributed by atoms with Crippen LogP contribution in [0.1, 0.15) is 38.1 Å². The third-order valence-corrected chi connectivity index (χ3v) is 2.98. The number of hydrogen-bond acceptors (Lipinski definition) is 5. The molecule has 0 aliphatic heterocycles. The Kier molecular flexibility index (Phi) is 4.63. The molecule has 2 aromatic heterocycles. The highest BCUT2D eigenvalue weighted by Crippen LogP contribution is 2.19. The second-order valence-electron chi connectivity index (χ2n) is 4.52. The van der Waals surface area contributed by atoms with Gasteiger partial charge in [0.25, 0.3) is 0 Å². The Balaban J connectivity index is 2.16. The van der Waals surface area contributed by atoms with Crippen molar-refractivity contribution in [2.45, 2.75) is 45.6 Å². The monoisotopic (exact) mass is 261 g/mol. The van der Waals surface area contributed by atoms with Crippen LogP contribution in [0.5, 0.6) is 0 Å². The van der Waals surface area contributed by atoms with Crippen LogP contribution in [-0.4, -0.2) is 26.3 Å². The summed E-state index contributed by atoms with van der Waals surface area (Å²) >= 11 is 0. The quantitative estimate of drug-likeness (QED) is 0.864. The summed E-state index contributed by atoms with van der Waals surface area (Å²) in [7, 11) is 0. The molecule has 1 atom stereocenters. The number of aliphatic hydroxyl groups excluding tert-OH is 1. The Hall–Kier alpha value is -1.75. The van der Waals surface area contributed by atoms with Crippen molar-refractivity contribution < 1.29 is 9.63 Å². The molecule has 19 heavy (non-hydrogen) atoms. The molecule has 0 fully saturated rings. The van der Waals surface area contributed by atoms with E-state index in [0.717, 1.165) is 30.5 Å². The summed E-state index contributed by atoms with van der Waals surface area (Å²) in [6.07, 6.45) is 4.23. The Labute approximate surface area is 112 Å². The van der Waals surface area contributed by atoms with Gasteiger partial charge in [-0.25, -0.2) is 0 Å². The van der Waals surface area contributed by atoms with Crippen LogP contribution in [0.15, 0.2) is 22.9 Å². The lowest BCUT2D eigenvalue weighted by atomic mass is 10.1. The molecule has 0 bridgehead atoms. The Morgan fingerprint density at radius 2 is 2.21 bits per heavy atom. The van der Waals surface area contributed by atoms with E-state index < -0.39 is 6.10 Å². The molecule has 1 unspecified atom stereocenters. The van der Waals surface area contributed by atoms with E-state index in [1.807, 2.05) is 19.1 Å². The van der Waals surface area contributed by atoms with Gasteiger partial charge in [0.15, 0.2) is 0 Å². The molecule has 2 rings (SSSR count). The largest absolute Gasteiger partial charge is 0.393 e. The van der Waals surface area contributed by atoms with Crippen LogP contribution < -0.4 is 0 Å². The average Bonchev–Trinajstić information content (AvgIpc) is 2.87. The van der Waals surface area contributed by atoms with Crippen LogP contribution in [0, 0.1) is 0 Å². The highest BCUT2D eigenvalue weighted by molar-refractivity contribution is 5.53. The number of hydrogen-bond donors (Lipinski definition) is 1. The van der Waals surface area contributed by atoms with Crippen molar-refractivity contribution in [3.8, 4) is 11.5 Å². The van der Waals surface area contributed by atoms with Crippen molar-refractivity contribution in [2.24, 2.45) is 0 Å². The molecule has 0 aromatic carbocycles. The molecule has 0 saturated carbocycles. The average molecular weight is 261 g/mol. The van der Waals surface area contributed by atoms with E-state index in [1.165, 1.54) is 0 Å². The highest BCUT2D eigenvalue weighted by Gasteiger charge is 2.15. The molecule has 102 valence electrons. The smallest absolute Gasteiger partial charge is 0.229 e. The summed E-state index contributed by atoms with van der Waals surface area (Å²) in [5.74, 6) is 0.958. The van der Waals surface area contributed by atoms with E-state index in [2.05, 4.69) is 22.0 Å². The van der Waals surface area contributed by atoms with Crippen LogP contribution in [0.25, 0.3) is 11.5 Å². The van der Waals surface area contributed by atoms with E-state index in [4.69, 9.17) is 4.52 Å². The second-order valence-corrected chi connectivity index (χ2v) is 4.52. The summed E-state index contributed by atoms with van der Waals surface area (Å²) in [6, 6.07) is 3.90. The zero-order valence-corrected chi connectivity index (χ0v) is 11.3. The van der Waals surface area contributed by atoms with Gasteiger partial charge in [0.2, 0.25) is 11.7 Å². The predicted octanol–water partition coefficient (Wildman–Crippen LogP) is 2.40. The van der Waals surface area contributed by atoms with Crippen molar-refractivity contribution in [1.82, 2.24) is 15.1 Å². The maximum Gasteiger partial charge on any atom is 0.229 e. The number of pyridine rings is 1. The lowest BCUT2D eigenvalue weighted by Crippen LogP contribution is -2.09. The molecule has 0 amide bonds. The van der Waals surface area contributed by atoms with Crippen LogP contribution in [0.2, 0.25) is 0 Å². The fourth-order valence-corrected chi connectivity index (χ4v) is 2.00. The molecule has 2 heterocycles. The summed E-state index contributed by atoms with van der Waals surface area (Å²) in [5.41, 5.74) is 1.84. The minimum absolute atomic E-state index is 0.398. The van der Waals surface area contributed by atoms with Crippen molar-refractivity contribution in [3.05, 3.63) is 29.8 Å². The summed E-state index contributed by atoms with van der Waals surface area (Å²) in [5, 5.41) is 13.7. The van der Waals surface area contributed by atoms with Crippen LogP contribution in [0.4, 0.5) is 0 Å². The van der Waals surface area contributed by atoms with E-state index in [1.54, 1.807) is 6.20 Å². The standard InChI is InChI=1S/C14H19N3O2/c1-3-6-11(18)9-12-16-14(17-19-12)13-10(4-2)7-5-8-15-13/h5,7-8,11,18H,3-4,6,9H2,1-2H3. The van der Waals surface area contributed by atoms with Crippen LogP contribution in [0.3, 0.4) is 0 Å². The third-order valence-electron chi connectivity index (χ3n) is 2.98. The van der Waals surface area contributed by atoms with Gasteiger partial charge in [-0.1, -0.05) is 31.5 Å². The van der Waals surface area contributed by atoms with Gasteiger partial charge in [0.1, 0.15) is 5.69 Å². The number of aromatic nitrogens is 3. The normalized spacial score (nSPS) is 12.6. The van der Waals surface area contributed by atoms with E-state index >= 15 is 0 Å². The van der Waals surface area contributed by atoms with Crippen molar-refractivity contribution in [1.29, 1.82) is 0 Å². The topological polar surface area (TPSA) is 72.0 Å². The molecule has 0 aliphatic carbocycles. The van der Waals surface area contributed by atoms with Crippen molar-refractivity contribution in [2.75, 3.05) is 0 Å². The van der Waals surface area contributed by atoms with Gasteiger partial charge in [0, 0.05) is 6.20 Å². The van der Waals surface area contributed by atoms with Gasteiger partial charge in [-0.3, -0.25) is 4.98 Å². The summed E-state index contributed by atoms with van der Waals surface area (Å²) in [6.45, 7) is 4.09. The molecule has 0 aliphatic rings. The Bertz CT molecular complexity index is 525.